The molecule has 0 saturated heterocycles. The molecule has 0 aromatic heterocycles. The third-order valence-corrected chi connectivity index (χ3v) is 5.12. The van der Waals surface area contributed by atoms with Crippen LogP contribution < -0.4 is 10.6 Å². The number of nitrogens with zero attached hydrogens (tertiary/aromatic N) is 1. The van der Waals surface area contributed by atoms with E-state index in [2.05, 4.69) is 21.9 Å². The summed E-state index contributed by atoms with van der Waals surface area (Å²) in [6.45, 7) is 2.88. The molecule has 21 heavy (non-hydrogen) atoms. The van der Waals surface area contributed by atoms with Gasteiger partial charge < -0.3 is 15.4 Å². The Balaban J connectivity index is 2.28. The number of thioether (sulfide) groups is 1. The maximum absolute atomic E-state index is 5.29. The van der Waals surface area contributed by atoms with Gasteiger partial charge in [0.05, 0.1) is 0 Å². The van der Waals surface area contributed by atoms with Crippen molar-refractivity contribution in [1.29, 1.82) is 0 Å². The minimum atomic E-state index is 0.409. The number of ether oxygens (including phenoxy) is 1. The maximum Gasteiger partial charge on any atom is 0.190 e. The van der Waals surface area contributed by atoms with E-state index in [1.54, 1.807) is 7.11 Å². The van der Waals surface area contributed by atoms with Gasteiger partial charge in [0.1, 0.15) is 0 Å². The Bertz CT molecular complexity index is 291. The van der Waals surface area contributed by atoms with Crippen LogP contribution in [0.3, 0.4) is 0 Å². The Morgan fingerprint density at radius 2 is 2.00 bits per heavy atom. The van der Waals surface area contributed by atoms with Crippen LogP contribution >= 0.6 is 11.8 Å². The van der Waals surface area contributed by atoms with Gasteiger partial charge in [-0.2, -0.15) is 11.8 Å². The minimum absolute atomic E-state index is 0.409. The van der Waals surface area contributed by atoms with Gasteiger partial charge in [0.15, 0.2) is 5.96 Å². The first-order chi connectivity index (χ1) is 10.3. The second-order valence-corrected chi connectivity index (χ2v) is 6.99. The summed E-state index contributed by atoms with van der Waals surface area (Å²) in [4.78, 5) is 4.34. The van der Waals surface area contributed by atoms with Gasteiger partial charge in [-0.15, -0.1) is 0 Å². The molecule has 0 heterocycles. The van der Waals surface area contributed by atoms with Crippen LogP contribution in [0.25, 0.3) is 0 Å². The lowest BCUT2D eigenvalue weighted by Gasteiger charge is -2.30. The molecule has 0 radical (unpaired) electrons. The van der Waals surface area contributed by atoms with Gasteiger partial charge >= 0.3 is 0 Å². The molecule has 2 N–H and O–H groups in total. The Morgan fingerprint density at radius 1 is 1.24 bits per heavy atom. The smallest absolute Gasteiger partial charge is 0.190 e. The summed E-state index contributed by atoms with van der Waals surface area (Å²) < 4.78 is 5.29. The molecule has 0 aromatic rings. The molecule has 0 bridgehead atoms. The van der Waals surface area contributed by atoms with Crippen LogP contribution in [0.1, 0.15) is 44.9 Å². The number of nitrogens with one attached hydrogen (secondary N) is 2. The lowest BCUT2D eigenvalue weighted by molar-refractivity contribution is 0.138. The predicted octanol–water partition coefficient (Wildman–Crippen LogP) is 2.89. The third-order valence-electron chi connectivity index (χ3n) is 4.42. The van der Waals surface area contributed by atoms with Gasteiger partial charge in [-0.3, -0.25) is 4.99 Å². The Hall–Kier alpha value is -0.420. The van der Waals surface area contributed by atoms with Crippen molar-refractivity contribution >= 4 is 17.7 Å². The van der Waals surface area contributed by atoms with Crippen LogP contribution in [-0.4, -0.2) is 51.8 Å². The molecule has 124 valence electrons. The van der Waals surface area contributed by atoms with Gasteiger partial charge in [-0.05, 0) is 49.5 Å². The topological polar surface area (TPSA) is 45.7 Å². The molecular formula is C16H33N3OS. The third kappa shape index (κ3) is 7.41. The van der Waals surface area contributed by atoms with Crippen LogP contribution in [0.4, 0.5) is 0 Å². The molecule has 0 atom stereocenters. The van der Waals surface area contributed by atoms with E-state index in [1.165, 1.54) is 44.3 Å². The van der Waals surface area contributed by atoms with Crippen LogP contribution in [0.5, 0.6) is 0 Å². The quantitative estimate of drug-likeness (QED) is 0.370. The monoisotopic (exact) mass is 315 g/mol. The minimum Gasteiger partial charge on any atom is -0.385 e. The summed E-state index contributed by atoms with van der Waals surface area (Å²) >= 11 is 1.91. The van der Waals surface area contributed by atoms with E-state index in [0.29, 0.717) is 5.41 Å². The predicted molar refractivity (Wildman–Crippen MR) is 94.4 cm³/mol. The van der Waals surface area contributed by atoms with E-state index in [-0.39, 0.29) is 0 Å². The van der Waals surface area contributed by atoms with E-state index in [0.717, 1.165) is 32.1 Å². The van der Waals surface area contributed by atoms with Crippen LogP contribution in [-0.2, 0) is 4.74 Å². The Kier molecular flexibility index (Phi) is 9.92. The van der Waals surface area contributed by atoms with Crippen molar-refractivity contribution in [3.8, 4) is 0 Å². The number of rotatable bonds is 10. The van der Waals surface area contributed by atoms with Gasteiger partial charge in [-0.25, -0.2) is 0 Å². The number of unbranched alkanes of at least 4 members (excludes halogenated alkanes) is 1. The molecule has 1 aliphatic carbocycles. The molecule has 0 amide bonds. The highest BCUT2D eigenvalue weighted by Gasteiger charge is 2.33. The average Bonchev–Trinajstić information content (AvgIpc) is 2.97. The summed E-state index contributed by atoms with van der Waals surface area (Å²) in [6, 6.07) is 0. The first kappa shape index (κ1) is 18.6. The molecule has 1 aliphatic rings. The number of hydrogen-bond acceptors (Lipinski definition) is 3. The normalized spacial score (nSPS) is 18.0. The standard InChI is InChI=1S/C16H33N3OS/c1-17-15(18-11-6-7-13-21-3)19-14-16(10-12-20-2)8-4-5-9-16/h4-14H2,1-3H3,(H2,17,18,19). The zero-order valence-electron chi connectivity index (χ0n) is 14.0. The molecule has 5 heteroatoms. The molecule has 0 aromatic carbocycles. The van der Waals surface area contributed by atoms with Crippen molar-refractivity contribution in [2.75, 3.05) is 45.9 Å². The number of hydrogen-bond donors (Lipinski definition) is 2. The lowest BCUT2D eigenvalue weighted by Crippen LogP contribution is -2.43. The van der Waals surface area contributed by atoms with Crippen molar-refractivity contribution in [2.24, 2.45) is 10.4 Å². The Morgan fingerprint density at radius 3 is 2.62 bits per heavy atom. The van der Waals surface area contributed by atoms with E-state index >= 15 is 0 Å². The lowest BCUT2D eigenvalue weighted by atomic mass is 9.83. The second kappa shape index (κ2) is 11.2. The molecule has 1 saturated carbocycles. The van der Waals surface area contributed by atoms with Crippen molar-refractivity contribution < 1.29 is 4.74 Å². The van der Waals surface area contributed by atoms with E-state index in [9.17, 15) is 0 Å². The SMILES string of the molecule is CN=C(NCCCCSC)NCC1(CCOC)CCCC1. The van der Waals surface area contributed by atoms with Gasteiger partial charge in [0.2, 0.25) is 0 Å². The van der Waals surface area contributed by atoms with E-state index < -0.39 is 0 Å². The molecule has 1 fully saturated rings. The van der Waals surface area contributed by atoms with Gasteiger partial charge in [0, 0.05) is 33.9 Å². The highest BCUT2D eigenvalue weighted by atomic mass is 32.2. The fourth-order valence-electron chi connectivity index (χ4n) is 3.03. The van der Waals surface area contributed by atoms with Crippen molar-refractivity contribution in [2.45, 2.75) is 44.9 Å². The van der Waals surface area contributed by atoms with Crippen LogP contribution in [0.2, 0.25) is 0 Å². The summed E-state index contributed by atoms with van der Waals surface area (Å²) in [5, 5.41) is 6.95. The summed E-state index contributed by atoms with van der Waals surface area (Å²) in [5.41, 5.74) is 0.409. The van der Waals surface area contributed by atoms with Gasteiger partial charge in [-0.1, -0.05) is 12.8 Å². The van der Waals surface area contributed by atoms with Crippen molar-refractivity contribution in [3.63, 3.8) is 0 Å². The fourth-order valence-corrected chi connectivity index (χ4v) is 3.52. The first-order valence-corrected chi connectivity index (χ1v) is 9.58. The average molecular weight is 316 g/mol. The van der Waals surface area contributed by atoms with Crippen LogP contribution in [0.15, 0.2) is 4.99 Å². The zero-order chi connectivity index (χ0) is 15.4. The molecule has 1 rings (SSSR count). The summed E-state index contributed by atoms with van der Waals surface area (Å²) in [7, 11) is 3.65. The van der Waals surface area contributed by atoms with E-state index in [4.69, 9.17) is 4.74 Å². The fraction of sp³-hybridized carbons (Fsp3) is 0.938. The molecular weight excluding hydrogens is 282 g/mol. The highest BCUT2D eigenvalue weighted by Crippen LogP contribution is 2.40. The summed E-state index contributed by atoms with van der Waals surface area (Å²) in [6.07, 6.45) is 11.1. The molecule has 0 unspecified atom stereocenters. The number of aliphatic imine (C=N–C) groups is 1. The molecule has 0 aliphatic heterocycles. The molecule has 0 spiro atoms. The summed E-state index contributed by atoms with van der Waals surface area (Å²) in [5.74, 6) is 2.19. The Labute approximate surface area is 134 Å². The largest absolute Gasteiger partial charge is 0.385 e. The van der Waals surface area contributed by atoms with E-state index in [1.807, 2.05) is 18.8 Å². The molecule has 4 nitrogen and oxygen atoms in total. The first-order valence-electron chi connectivity index (χ1n) is 8.19. The number of methoxy groups -OCH3 is 1. The van der Waals surface area contributed by atoms with Gasteiger partial charge in [0.25, 0.3) is 0 Å². The van der Waals surface area contributed by atoms with Crippen molar-refractivity contribution in [1.82, 2.24) is 10.6 Å². The second-order valence-electron chi connectivity index (χ2n) is 6.00. The highest BCUT2D eigenvalue weighted by molar-refractivity contribution is 7.98. The maximum atomic E-state index is 5.29. The zero-order valence-corrected chi connectivity index (χ0v) is 14.9. The number of guanidine groups is 1. The van der Waals surface area contributed by atoms with Crippen molar-refractivity contribution in [3.05, 3.63) is 0 Å². The van der Waals surface area contributed by atoms with Crippen LogP contribution in [0, 0.1) is 5.41 Å².